The number of nitrogens with one attached hydrogen (secondary N) is 1. The number of carbonyl (C=O) groups excluding carboxylic acids is 1. The molecule has 1 aliphatic rings. The van der Waals surface area contributed by atoms with Crippen molar-refractivity contribution in [1.29, 1.82) is 0 Å². The molecule has 0 fully saturated rings. The van der Waals surface area contributed by atoms with Crippen molar-refractivity contribution in [2.45, 2.75) is 24.0 Å². The van der Waals surface area contributed by atoms with Crippen LogP contribution in [0.3, 0.4) is 0 Å². The highest BCUT2D eigenvalue weighted by molar-refractivity contribution is 7.99. The first-order chi connectivity index (χ1) is 18.2. The summed E-state index contributed by atoms with van der Waals surface area (Å²) in [6, 6.07) is 30.1. The van der Waals surface area contributed by atoms with Gasteiger partial charge in [-0.05, 0) is 71.8 Å². The Hall–Kier alpha value is -3.88. The molecule has 37 heavy (non-hydrogen) atoms. The van der Waals surface area contributed by atoms with E-state index in [1.165, 1.54) is 22.9 Å². The molecule has 184 valence electrons. The number of fused-ring (bicyclic) bond motifs is 1. The van der Waals surface area contributed by atoms with Crippen LogP contribution in [-0.4, -0.2) is 32.5 Å². The first kappa shape index (κ1) is 23.5. The number of hydrogen-bond acceptors (Lipinski definition) is 6. The van der Waals surface area contributed by atoms with Crippen molar-refractivity contribution in [2.75, 3.05) is 5.75 Å². The number of thiophene rings is 1. The zero-order valence-corrected chi connectivity index (χ0v) is 21.5. The van der Waals surface area contributed by atoms with Crippen LogP contribution in [0.25, 0.3) is 16.4 Å². The van der Waals surface area contributed by atoms with Gasteiger partial charge in [0.25, 0.3) is 0 Å². The van der Waals surface area contributed by atoms with Gasteiger partial charge in [-0.3, -0.25) is 9.36 Å². The normalized spacial score (nSPS) is 12.9. The Morgan fingerprint density at radius 2 is 1.59 bits per heavy atom. The lowest BCUT2D eigenvalue weighted by atomic mass is 10.1. The molecule has 8 heteroatoms. The van der Waals surface area contributed by atoms with Crippen molar-refractivity contribution in [2.24, 2.45) is 0 Å². The van der Waals surface area contributed by atoms with Gasteiger partial charge in [-0.1, -0.05) is 60.3 Å². The number of rotatable bonds is 8. The number of para-hydroxylation sites is 1. The van der Waals surface area contributed by atoms with Crippen LogP contribution in [0.5, 0.6) is 11.5 Å². The molecular weight excluding hydrogens is 500 g/mol. The van der Waals surface area contributed by atoms with Gasteiger partial charge in [-0.15, -0.1) is 21.5 Å². The highest BCUT2D eigenvalue weighted by atomic mass is 32.2. The minimum Gasteiger partial charge on any atom is -0.457 e. The van der Waals surface area contributed by atoms with E-state index in [0.29, 0.717) is 5.16 Å². The van der Waals surface area contributed by atoms with Crippen LogP contribution in [-0.2, 0) is 17.6 Å². The molecule has 0 saturated heterocycles. The van der Waals surface area contributed by atoms with Crippen molar-refractivity contribution < 1.29 is 9.53 Å². The van der Waals surface area contributed by atoms with E-state index in [-0.39, 0.29) is 17.7 Å². The predicted molar refractivity (Wildman–Crippen MR) is 148 cm³/mol. The maximum Gasteiger partial charge on any atom is 0.230 e. The SMILES string of the molecule is O=C(CSc1nnc(-c2cccs2)n1-c1ccc(Oc2ccccc2)cc1)NC1Cc2ccccc2C1. The molecule has 0 bridgehead atoms. The topological polar surface area (TPSA) is 69.0 Å². The molecule has 6 rings (SSSR count). The molecule has 0 aliphatic heterocycles. The summed E-state index contributed by atoms with van der Waals surface area (Å²) in [5.41, 5.74) is 3.55. The van der Waals surface area contributed by atoms with Crippen molar-refractivity contribution in [3.05, 3.63) is 108 Å². The first-order valence-corrected chi connectivity index (χ1v) is 13.9. The molecule has 0 spiro atoms. The molecule has 0 atom stereocenters. The number of nitrogens with zero attached hydrogens (tertiary/aromatic N) is 3. The van der Waals surface area contributed by atoms with Gasteiger partial charge < -0.3 is 10.1 Å². The fourth-order valence-corrected chi connectivity index (χ4v) is 5.97. The predicted octanol–water partition coefficient (Wildman–Crippen LogP) is 6.16. The minimum atomic E-state index is 0.00152. The Morgan fingerprint density at radius 1 is 0.892 bits per heavy atom. The Kier molecular flexibility index (Phi) is 6.75. The fraction of sp³-hybridized carbons (Fsp3) is 0.138. The summed E-state index contributed by atoms with van der Waals surface area (Å²) >= 11 is 3.00. The number of aromatic nitrogens is 3. The standard InChI is InChI=1S/C29H24N4O2S2/c34-27(30-22-17-20-7-4-5-8-21(20)18-22)19-37-29-32-31-28(26-11-6-16-36-26)33(29)23-12-14-25(15-13-23)35-24-9-2-1-3-10-24/h1-16,22H,17-19H2,(H,30,34). The average Bonchev–Trinajstić information content (AvgIpc) is 3.68. The number of amides is 1. The summed E-state index contributed by atoms with van der Waals surface area (Å²) in [5, 5.41) is 14.8. The van der Waals surface area contributed by atoms with Crippen molar-refractivity contribution in [3.63, 3.8) is 0 Å². The van der Waals surface area contributed by atoms with Gasteiger partial charge in [0.15, 0.2) is 11.0 Å². The maximum atomic E-state index is 12.8. The third-order valence-electron chi connectivity index (χ3n) is 6.20. The molecule has 3 aromatic carbocycles. The van der Waals surface area contributed by atoms with E-state index in [2.05, 4.69) is 39.8 Å². The number of ether oxygens (including phenoxy) is 1. The van der Waals surface area contributed by atoms with Crippen LogP contribution in [0, 0.1) is 0 Å². The van der Waals surface area contributed by atoms with Gasteiger partial charge in [-0.2, -0.15) is 0 Å². The molecule has 1 aliphatic carbocycles. The van der Waals surface area contributed by atoms with E-state index in [9.17, 15) is 4.79 Å². The van der Waals surface area contributed by atoms with Crippen LogP contribution >= 0.6 is 23.1 Å². The van der Waals surface area contributed by atoms with E-state index >= 15 is 0 Å². The summed E-state index contributed by atoms with van der Waals surface area (Å²) in [6.45, 7) is 0. The first-order valence-electron chi connectivity index (χ1n) is 12.0. The second-order valence-electron chi connectivity index (χ2n) is 8.76. The third-order valence-corrected chi connectivity index (χ3v) is 7.99. The summed E-state index contributed by atoms with van der Waals surface area (Å²) < 4.78 is 7.95. The second kappa shape index (κ2) is 10.6. The monoisotopic (exact) mass is 524 g/mol. The Balaban J connectivity index is 1.18. The van der Waals surface area contributed by atoms with Crippen LogP contribution in [0.1, 0.15) is 11.1 Å². The Morgan fingerprint density at radius 3 is 2.30 bits per heavy atom. The summed E-state index contributed by atoms with van der Waals surface area (Å²) in [7, 11) is 0. The molecule has 0 unspecified atom stereocenters. The summed E-state index contributed by atoms with van der Waals surface area (Å²) in [4.78, 5) is 13.8. The van der Waals surface area contributed by atoms with Crippen LogP contribution in [0.15, 0.2) is 102 Å². The zero-order valence-electron chi connectivity index (χ0n) is 19.9. The zero-order chi connectivity index (χ0) is 25.0. The molecule has 0 radical (unpaired) electrons. The lowest BCUT2D eigenvalue weighted by Crippen LogP contribution is -2.36. The molecule has 6 nitrogen and oxygen atoms in total. The lowest BCUT2D eigenvalue weighted by Gasteiger charge is -2.13. The van der Waals surface area contributed by atoms with E-state index in [1.807, 2.05) is 76.7 Å². The second-order valence-corrected chi connectivity index (χ2v) is 10.6. The van der Waals surface area contributed by atoms with Gasteiger partial charge in [0.1, 0.15) is 11.5 Å². The molecule has 1 N–H and O–H groups in total. The van der Waals surface area contributed by atoms with Crippen molar-refractivity contribution in [1.82, 2.24) is 20.1 Å². The summed E-state index contributed by atoms with van der Waals surface area (Å²) in [5.74, 6) is 2.55. The molecule has 2 aromatic heterocycles. The number of thioether (sulfide) groups is 1. The smallest absolute Gasteiger partial charge is 0.230 e. The van der Waals surface area contributed by atoms with Crippen molar-refractivity contribution >= 4 is 29.0 Å². The van der Waals surface area contributed by atoms with Gasteiger partial charge in [0.05, 0.1) is 16.3 Å². The molecule has 2 heterocycles. The third kappa shape index (κ3) is 5.30. The quantitative estimate of drug-likeness (QED) is 0.246. The number of carbonyl (C=O) groups is 1. The van der Waals surface area contributed by atoms with Gasteiger partial charge >= 0.3 is 0 Å². The Labute approximate surface area is 223 Å². The molecule has 5 aromatic rings. The highest BCUT2D eigenvalue weighted by Gasteiger charge is 2.23. The number of benzene rings is 3. The van der Waals surface area contributed by atoms with Crippen molar-refractivity contribution in [3.8, 4) is 27.9 Å². The highest BCUT2D eigenvalue weighted by Crippen LogP contribution is 2.32. The van der Waals surface area contributed by atoms with E-state index in [0.717, 1.165) is 40.7 Å². The molecule has 0 saturated carbocycles. The molecular formula is C29H24N4O2S2. The van der Waals surface area contributed by atoms with Gasteiger partial charge in [-0.25, -0.2) is 0 Å². The lowest BCUT2D eigenvalue weighted by molar-refractivity contribution is -0.119. The minimum absolute atomic E-state index is 0.00152. The fourth-order valence-electron chi connectivity index (χ4n) is 4.51. The van der Waals surface area contributed by atoms with E-state index < -0.39 is 0 Å². The number of hydrogen-bond donors (Lipinski definition) is 1. The van der Waals surface area contributed by atoms with Crippen LogP contribution in [0.2, 0.25) is 0 Å². The van der Waals surface area contributed by atoms with Gasteiger partial charge in [0.2, 0.25) is 5.91 Å². The van der Waals surface area contributed by atoms with Crippen LogP contribution in [0.4, 0.5) is 0 Å². The summed E-state index contributed by atoms with van der Waals surface area (Å²) in [6.07, 6.45) is 1.76. The van der Waals surface area contributed by atoms with E-state index in [4.69, 9.17) is 4.74 Å². The van der Waals surface area contributed by atoms with Gasteiger partial charge in [0, 0.05) is 6.04 Å². The maximum absolute atomic E-state index is 12.8. The molecule has 1 amide bonds. The van der Waals surface area contributed by atoms with Crippen LogP contribution < -0.4 is 10.1 Å². The largest absolute Gasteiger partial charge is 0.457 e. The Bertz CT molecular complexity index is 1470. The average molecular weight is 525 g/mol. The van der Waals surface area contributed by atoms with E-state index in [1.54, 1.807) is 11.3 Å².